The van der Waals surface area contributed by atoms with Crippen LogP contribution in [0.25, 0.3) is 11.3 Å². The number of benzene rings is 1. The summed E-state index contributed by atoms with van der Waals surface area (Å²) in [5.74, 6) is -0.847. The highest BCUT2D eigenvalue weighted by Gasteiger charge is 2.30. The summed E-state index contributed by atoms with van der Waals surface area (Å²) in [7, 11) is 0. The predicted octanol–water partition coefficient (Wildman–Crippen LogP) is 2.71. The summed E-state index contributed by atoms with van der Waals surface area (Å²) in [6.07, 6.45) is 4.45. The normalized spacial score (nSPS) is 13.2. The Morgan fingerprint density at radius 3 is 2.75 bits per heavy atom. The maximum Gasteiger partial charge on any atom is 0.362 e. The van der Waals surface area contributed by atoms with E-state index in [0.29, 0.717) is 11.3 Å². The van der Waals surface area contributed by atoms with E-state index >= 15 is 0 Å². The van der Waals surface area contributed by atoms with Crippen LogP contribution in [0.15, 0.2) is 30.9 Å². The van der Waals surface area contributed by atoms with Gasteiger partial charge in [-0.05, 0) is 38.0 Å². The van der Waals surface area contributed by atoms with Gasteiger partial charge >= 0.3 is 5.97 Å². The van der Waals surface area contributed by atoms with Gasteiger partial charge in [0.25, 0.3) is 5.88 Å². The fraction of sp³-hybridized carbons (Fsp3) is 0.278. The minimum atomic E-state index is -0.698. The average Bonchev–Trinajstić information content (AvgIpc) is 3.55. The van der Waals surface area contributed by atoms with Crippen LogP contribution in [0.1, 0.15) is 41.9 Å². The van der Waals surface area contributed by atoms with Crippen molar-refractivity contribution in [3.63, 3.8) is 0 Å². The highest BCUT2D eigenvalue weighted by Crippen LogP contribution is 2.44. The zero-order valence-electron chi connectivity index (χ0n) is 14.9. The number of carbonyl (C=O) groups is 1. The molecule has 2 heterocycles. The molecule has 1 saturated carbocycles. The maximum absolute atomic E-state index is 14.0. The van der Waals surface area contributed by atoms with Crippen molar-refractivity contribution in [3.05, 3.63) is 48.1 Å². The van der Waals surface area contributed by atoms with Crippen LogP contribution >= 0.6 is 0 Å². The highest BCUT2D eigenvalue weighted by atomic mass is 19.1. The Morgan fingerprint density at radius 1 is 1.18 bits per heavy atom. The molecule has 0 saturated heterocycles. The lowest BCUT2D eigenvalue weighted by atomic mass is 10.1. The van der Waals surface area contributed by atoms with Gasteiger partial charge < -0.3 is 9.47 Å². The Hall–Kier alpha value is -3.56. The fourth-order valence-corrected chi connectivity index (χ4v) is 2.68. The Balaban J connectivity index is 1.76. The predicted molar refractivity (Wildman–Crippen MR) is 93.1 cm³/mol. The molecule has 10 heteroatoms. The smallest absolute Gasteiger partial charge is 0.362 e. The SMILES string of the molecule is CCOC(=O)c1ncnnc1Oc1ccc(F)cc1-c1nncnc1C1CC1. The van der Waals surface area contributed by atoms with Crippen LogP contribution in [-0.2, 0) is 4.74 Å². The van der Waals surface area contributed by atoms with Crippen LogP contribution in [-0.4, -0.2) is 42.9 Å². The van der Waals surface area contributed by atoms with Crippen molar-refractivity contribution in [1.29, 1.82) is 0 Å². The van der Waals surface area contributed by atoms with E-state index in [1.165, 1.54) is 24.5 Å². The third kappa shape index (κ3) is 3.61. The molecule has 0 radical (unpaired) electrons. The Bertz CT molecular complexity index is 1030. The van der Waals surface area contributed by atoms with E-state index in [4.69, 9.17) is 9.47 Å². The molecule has 0 bridgehead atoms. The number of nitrogens with zero attached hydrogens (tertiary/aromatic N) is 6. The third-order valence-corrected chi connectivity index (χ3v) is 4.07. The Morgan fingerprint density at radius 2 is 1.96 bits per heavy atom. The number of aromatic nitrogens is 6. The minimum Gasteiger partial charge on any atom is -0.461 e. The molecule has 0 amide bonds. The number of rotatable bonds is 6. The fourth-order valence-electron chi connectivity index (χ4n) is 2.68. The number of carbonyl (C=O) groups excluding carboxylic acids is 1. The summed E-state index contributed by atoms with van der Waals surface area (Å²) < 4.78 is 24.7. The van der Waals surface area contributed by atoms with E-state index in [0.717, 1.165) is 24.9 Å². The van der Waals surface area contributed by atoms with E-state index in [9.17, 15) is 9.18 Å². The molecule has 1 aromatic carbocycles. The van der Waals surface area contributed by atoms with Gasteiger partial charge in [0.05, 0.1) is 12.3 Å². The number of ether oxygens (including phenoxy) is 2. The van der Waals surface area contributed by atoms with Crippen LogP contribution in [0, 0.1) is 5.82 Å². The lowest BCUT2D eigenvalue weighted by Gasteiger charge is -2.13. The van der Waals surface area contributed by atoms with Crippen molar-refractivity contribution in [2.45, 2.75) is 25.7 Å². The number of halogens is 1. The van der Waals surface area contributed by atoms with Crippen molar-refractivity contribution in [2.75, 3.05) is 6.61 Å². The van der Waals surface area contributed by atoms with Gasteiger partial charge in [0.2, 0.25) is 5.69 Å². The van der Waals surface area contributed by atoms with Crippen molar-refractivity contribution < 1.29 is 18.7 Å². The monoisotopic (exact) mass is 382 g/mol. The molecular formula is C18H15FN6O3. The molecule has 3 aromatic rings. The van der Waals surface area contributed by atoms with E-state index in [1.807, 2.05) is 0 Å². The third-order valence-electron chi connectivity index (χ3n) is 4.07. The molecule has 142 valence electrons. The molecule has 1 aliphatic rings. The number of hydrogen-bond donors (Lipinski definition) is 0. The number of hydrogen-bond acceptors (Lipinski definition) is 9. The molecule has 1 aliphatic carbocycles. The molecule has 0 N–H and O–H groups in total. The molecule has 0 spiro atoms. The van der Waals surface area contributed by atoms with Crippen molar-refractivity contribution in [3.8, 4) is 22.9 Å². The summed E-state index contributed by atoms with van der Waals surface area (Å²) in [5, 5.41) is 15.4. The van der Waals surface area contributed by atoms with Gasteiger partial charge in [-0.1, -0.05) is 0 Å². The van der Waals surface area contributed by atoms with Gasteiger partial charge in [0.1, 0.15) is 29.9 Å². The quantitative estimate of drug-likeness (QED) is 0.594. The van der Waals surface area contributed by atoms with Gasteiger partial charge in [-0.2, -0.15) is 0 Å². The topological polar surface area (TPSA) is 113 Å². The first-order valence-corrected chi connectivity index (χ1v) is 8.67. The zero-order chi connectivity index (χ0) is 19.5. The Labute approximate surface area is 159 Å². The van der Waals surface area contributed by atoms with E-state index in [1.54, 1.807) is 6.92 Å². The maximum atomic E-state index is 14.0. The minimum absolute atomic E-state index is 0.133. The summed E-state index contributed by atoms with van der Waals surface area (Å²) in [6.45, 7) is 1.84. The second kappa shape index (κ2) is 7.59. The van der Waals surface area contributed by atoms with Crippen molar-refractivity contribution in [1.82, 2.24) is 30.4 Å². The molecule has 1 fully saturated rings. The molecule has 28 heavy (non-hydrogen) atoms. The largest absolute Gasteiger partial charge is 0.461 e. The first-order valence-electron chi connectivity index (χ1n) is 8.67. The molecule has 9 nitrogen and oxygen atoms in total. The summed E-state index contributed by atoms with van der Waals surface area (Å²) >= 11 is 0. The molecular weight excluding hydrogens is 367 g/mol. The van der Waals surface area contributed by atoms with Crippen LogP contribution in [0.5, 0.6) is 11.6 Å². The van der Waals surface area contributed by atoms with E-state index < -0.39 is 11.8 Å². The lowest BCUT2D eigenvalue weighted by Crippen LogP contribution is -2.11. The zero-order valence-corrected chi connectivity index (χ0v) is 14.9. The van der Waals surface area contributed by atoms with Gasteiger partial charge in [-0.3, -0.25) is 0 Å². The van der Waals surface area contributed by atoms with Crippen LogP contribution in [0.3, 0.4) is 0 Å². The van der Waals surface area contributed by atoms with Crippen molar-refractivity contribution in [2.24, 2.45) is 0 Å². The first kappa shape index (κ1) is 17.8. The van der Waals surface area contributed by atoms with Gasteiger partial charge in [-0.25, -0.2) is 19.2 Å². The summed E-state index contributed by atoms with van der Waals surface area (Å²) in [4.78, 5) is 20.3. The molecule has 0 aliphatic heterocycles. The van der Waals surface area contributed by atoms with E-state index in [2.05, 4.69) is 30.4 Å². The second-order valence-electron chi connectivity index (χ2n) is 6.04. The van der Waals surface area contributed by atoms with Gasteiger partial charge in [0, 0.05) is 11.5 Å². The van der Waals surface area contributed by atoms with E-state index in [-0.39, 0.29) is 29.8 Å². The molecule has 4 rings (SSSR count). The van der Waals surface area contributed by atoms with Crippen molar-refractivity contribution >= 4 is 5.97 Å². The van der Waals surface area contributed by atoms with Crippen LogP contribution < -0.4 is 4.74 Å². The summed E-state index contributed by atoms with van der Waals surface area (Å²) in [5.41, 5.74) is 1.37. The first-order chi connectivity index (χ1) is 13.7. The van der Waals surface area contributed by atoms with Crippen LogP contribution in [0.4, 0.5) is 4.39 Å². The molecule has 0 unspecified atom stereocenters. The number of esters is 1. The second-order valence-corrected chi connectivity index (χ2v) is 6.04. The standard InChI is InChI=1S/C18H15FN6O3/c1-2-27-18(26)16-17(25-23-9-21-16)28-13-6-5-11(19)7-12(13)15-14(10-3-4-10)20-8-22-24-15/h5-10H,2-4H2,1H3. The highest BCUT2D eigenvalue weighted by molar-refractivity contribution is 5.89. The lowest BCUT2D eigenvalue weighted by molar-refractivity contribution is 0.0514. The van der Waals surface area contributed by atoms with Crippen LogP contribution in [0.2, 0.25) is 0 Å². The van der Waals surface area contributed by atoms with Gasteiger partial charge in [0.15, 0.2) is 0 Å². The van der Waals surface area contributed by atoms with Gasteiger partial charge in [-0.15, -0.1) is 20.4 Å². The Kier molecular flexibility index (Phi) is 4.83. The average molecular weight is 382 g/mol. The summed E-state index contributed by atoms with van der Waals surface area (Å²) in [6, 6.07) is 3.92. The molecule has 2 aromatic heterocycles. The molecule has 0 atom stereocenters.